The fourth-order valence-corrected chi connectivity index (χ4v) is 1.81. The number of esters is 1. The molecule has 0 fully saturated rings. The summed E-state index contributed by atoms with van der Waals surface area (Å²) < 4.78 is 4.87. The second-order valence-corrected chi connectivity index (χ2v) is 4.63. The number of anilines is 1. The number of hydrogen-bond acceptors (Lipinski definition) is 4. The standard InChI is InChI=1S/C14H17ClN2O2/c1-3-19-14(18)7-4-10(2)17-13-8-12(15)6-5-11(13)9-16/h5-6,8,10,17H,3-4,7H2,1-2H3. The van der Waals surface area contributed by atoms with Gasteiger partial charge in [-0.2, -0.15) is 5.26 Å². The molecule has 5 heteroatoms. The van der Waals surface area contributed by atoms with Gasteiger partial charge in [-0.3, -0.25) is 4.79 Å². The summed E-state index contributed by atoms with van der Waals surface area (Å²) in [6.07, 6.45) is 0.987. The van der Waals surface area contributed by atoms with Crippen LogP contribution in [0.15, 0.2) is 18.2 Å². The molecule has 0 aliphatic rings. The molecule has 1 aromatic rings. The molecule has 0 spiro atoms. The van der Waals surface area contributed by atoms with Crippen LogP contribution in [-0.2, 0) is 9.53 Å². The van der Waals surface area contributed by atoms with E-state index in [9.17, 15) is 4.79 Å². The van der Waals surface area contributed by atoms with Crippen molar-refractivity contribution in [1.82, 2.24) is 0 Å². The summed E-state index contributed by atoms with van der Waals surface area (Å²) in [6, 6.07) is 7.21. The fourth-order valence-electron chi connectivity index (χ4n) is 1.64. The molecular formula is C14H17ClN2O2. The Morgan fingerprint density at radius 2 is 2.32 bits per heavy atom. The molecule has 1 atom stereocenters. The number of nitriles is 1. The maximum absolute atomic E-state index is 11.3. The molecule has 1 N–H and O–H groups in total. The molecule has 0 aromatic heterocycles. The number of rotatable bonds is 6. The Morgan fingerprint density at radius 1 is 1.58 bits per heavy atom. The Bertz CT molecular complexity index is 483. The van der Waals surface area contributed by atoms with Gasteiger partial charge in [0, 0.05) is 17.5 Å². The SMILES string of the molecule is CCOC(=O)CCC(C)Nc1cc(Cl)ccc1C#N. The third-order valence-electron chi connectivity index (χ3n) is 2.59. The molecule has 1 rings (SSSR count). The first kappa shape index (κ1) is 15.3. The van der Waals surface area contributed by atoms with Crippen LogP contribution in [0.3, 0.4) is 0 Å². The summed E-state index contributed by atoms with van der Waals surface area (Å²) in [5, 5.41) is 12.8. The van der Waals surface area contributed by atoms with Crippen molar-refractivity contribution in [3.8, 4) is 6.07 Å². The minimum atomic E-state index is -0.206. The number of carbonyl (C=O) groups excluding carboxylic acids is 1. The molecule has 19 heavy (non-hydrogen) atoms. The second-order valence-electron chi connectivity index (χ2n) is 4.19. The molecule has 0 saturated heterocycles. The lowest BCUT2D eigenvalue weighted by molar-refractivity contribution is -0.143. The first-order chi connectivity index (χ1) is 9.06. The Kier molecular flexibility index (Phi) is 6.17. The van der Waals surface area contributed by atoms with Crippen LogP contribution in [0.2, 0.25) is 5.02 Å². The lowest BCUT2D eigenvalue weighted by Gasteiger charge is -2.16. The van der Waals surface area contributed by atoms with E-state index in [2.05, 4.69) is 11.4 Å². The predicted octanol–water partition coefficient (Wildman–Crippen LogP) is 3.36. The van der Waals surface area contributed by atoms with Gasteiger partial charge in [0.15, 0.2) is 0 Å². The minimum Gasteiger partial charge on any atom is -0.466 e. The summed E-state index contributed by atoms with van der Waals surface area (Å²) in [5.41, 5.74) is 1.22. The summed E-state index contributed by atoms with van der Waals surface area (Å²) >= 11 is 5.90. The van der Waals surface area contributed by atoms with Crippen LogP contribution in [0.1, 0.15) is 32.3 Å². The normalized spacial score (nSPS) is 11.5. The third kappa shape index (κ3) is 5.19. The van der Waals surface area contributed by atoms with Crippen LogP contribution < -0.4 is 5.32 Å². The molecule has 0 bridgehead atoms. The van der Waals surface area contributed by atoms with E-state index >= 15 is 0 Å². The molecule has 0 amide bonds. The van der Waals surface area contributed by atoms with Gasteiger partial charge >= 0.3 is 5.97 Å². The Balaban J connectivity index is 2.57. The van der Waals surface area contributed by atoms with Gasteiger partial charge in [0.25, 0.3) is 0 Å². The highest BCUT2D eigenvalue weighted by Gasteiger charge is 2.10. The molecule has 102 valence electrons. The van der Waals surface area contributed by atoms with Crippen molar-refractivity contribution in [2.45, 2.75) is 32.7 Å². The summed E-state index contributed by atoms with van der Waals surface area (Å²) in [6.45, 7) is 4.12. The van der Waals surface area contributed by atoms with Crippen molar-refractivity contribution in [2.75, 3.05) is 11.9 Å². The van der Waals surface area contributed by atoms with Crippen molar-refractivity contribution < 1.29 is 9.53 Å². The number of benzene rings is 1. The summed E-state index contributed by atoms with van der Waals surface area (Å²) in [4.78, 5) is 11.3. The average Bonchev–Trinajstić information content (AvgIpc) is 2.37. The molecule has 1 aromatic carbocycles. The van der Waals surface area contributed by atoms with Gasteiger partial charge in [0.05, 0.1) is 17.9 Å². The number of carbonyl (C=O) groups is 1. The largest absolute Gasteiger partial charge is 0.466 e. The average molecular weight is 281 g/mol. The first-order valence-corrected chi connectivity index (χ1v) is 6.56. The fraction of sp³-hybridized carbons (Fsp3) is 0.429. The van der Waals surface area contributed by atoms with Crippen molar-refractivity contribution in [2.24, 2.45) is 0 Å². The number of hydrogen-bond donors (Lipinski definition) is 1. The monoisotopic (exact) mass is 280 g/mol. The quantitative estimate of drug-likeness (QED) is 0.812. The molecule has 0 heterocycles. The van der Waals surface area contributed by atoms with E-state index in [4.69, 9.17) is 21.6 Å². The number of halogens is 1. The third-order valence-corrected chi connectivity index (χ3v) is 2.83. The maximum atomic E-state index is 11.3. The van der Waals surface area contributed by atoms with Gasteiger partial charge in [-0.25, -0.2) is 0 Å². The second kappa shape index (κ2) is 7.65. The highest BCUT2D eigenvalue weighted by atomic mass is 35.5. The summed E-state index contributed by atoms with van der Waals surface area (Å²) in [7, 11) is 0. The molecule has 0 radical (unpaired) electrons. The van der Waals surface area contributed by atoms with Crippen LogP contribution in [0.5, 0.6) is 0 Å². The zero-order valence-electron chi connectivity index (χ0n) is 11.1. The Labute approximate surface area is 118 Å². The molecule has 0 saturated carbocycles. The van der Waals surface area contributed by atoms with E-state index in [0.717, 1.165) is 0 Å². The zero-order chi connectivity index (χ0) is 14.3. The van der Waals surface area contributed by atoms with Crippen LogP contribution in [0.4, 0.5) is 5.69 Å². The highest BCUT2D eigenvalue weighted by molar-refractivity contribution is 6.30. The lowest BCUT2D eigenvalue weighted by Crippen LogP contribution is -2.18. The van der Waals surface area contributed by atoms with E-state index in [1.54, 1.807) is 25.1 Å². The summed E-state index contributed by atoms with van der Waals surface area (Å²) in [5.74, 6) is -0.206. The van der Waals surface area contributed by atoms with E-state index < -0.39 is 0 Å². The first-order valence-electron chi connectivity index (χ1n) is 6.18. The molecular weight excluding hydrogens is 264 g/mol. The molecule has 1 unspecified atom stereocenters. The van der Waals surface area contributed by atoms with Crippen molar-refractivity contribution in [3.05, 3.63) is 28.8 Å². The van der Waals surface area contributed by atoms with Crippen LogP contribution in [0.25, 0.3) is 0 Å². The van der Waals surface area contributed by atoms with E-state index in [0.29, 0.717) is 35.7 Å². The van der Waals surface area contributed by atoms with Gasteiger partial charge in [0.1, 0.15) is 6.07 Å². The van der Waals surface area contributed by atoms with Gasteiger partial charge in [0.2, 0.25) is 0 Å². The Morgan fingerprint density at radius 3 is 2.95 bits per heavy atom. The van der Waals surface area contributed by atoms with Crippen molar-refractivity contribution in [3.63, 3.8) is 0 Å². The predicted molar refractivity (Wildman–Crippen MR) is 75.1 cm³/mol. The van der Waals surface area contributed by atoms with Gasteiger partial charge in [-0.05, 0) is 38.5 Å². The van der Waals surface area contributed by atoms with Gasteiger partial charge in [-0.15, -0.1) is 0 Å². The van der Waals surface area contributed by atoms with Crippen molar-refractivity contribution in [1.29, 1.82) is 5.26 Å². The molecule has 4 nitrogen and oxygen atoms in total. The van der Waals surface area contributed by atoms with Crippen LogP contribution in [-0.4, -0.2) is 18.6 Å². The van der Waals surface area contributed by atoms with Crippen molar-refractivity contribution >= 4 is 23.3 Å². The molecule has 0 aliphatic heterocycles. The number of ether oxygens (including phenoxy) is 1. The topological polar surface area (TPSA) is 62.1 Å². The minimum absolute atomic E-state index is 0.0509. The highest BCUT2D eigenvalue weighted by Crippen LogP contribution is 2.21. The lowest BCUT2D eigenvalue weighted by atomic mass is 10.1. The Hall–Kier alpha value is -1.73. The van der Waals surface area contributed by atoms with Gasteiger partial charge < -0.3 is 10.1 Å². The van der Waals surface area contributed by atoms with Gasteiger partial charge in [-0.1, -0.05) is 11.6 Å². The molecule has 0 aliphatic carbocycles. The van der Waals surface area contributed by atoms with E-state index in [1.807, 2.05) is 6.92 Å². The smallest absolute Gasteiger partial charge is 0.305 e. The van der Waals surface area contributed by atoms with Crippen LogP contribution >= 0.6 is 11.6 Å². The number of nitrogens with one attached hydrogen (secondary N) is 1. The van der Waals surface area contributed by atoms with E-state index in [-0.39, 0.29) is 12.0 Å². The van der Waals surface area contributed by atoms with Crippen LogP contribution in [0, 0.1) is 11.3 Å². The maximum Gasteiger partial charge on any atom is 0.305 e. The zero-order valence-corrected chi connectivity index (χ0v) is 11.8. The number of nitrogens with zero attached hydrogens (tertiary/aromatic N) is 1. The van der Waals surface area contributed by atoms with E-state index in [1.165, 1.54) is 0 Å².